The lowest BCUT2D eigenvalue weighted by Gasteiger charge is -2.08. The molecule has 94 valence electrons. The van der Waals surface area contributed by atoms with Crippen LogP contribution in [0.2, 0.25) is 0 Å². The van der Waals surface area contributed by atoms with Crippen molar-refractivity contribution < 1.29 is 4.39 Å². The van der Waals surface area contributed by atoms with Crippen LogP contribution in [0.1, 0.15) is 16.7 Å². The highest BCUT2D eigenvalue weighted by Gasteiger charge is 2.03. The molecule has 1 aromatic carbocycles. The molecule has 18 heavy (non-hydrogen) atoms. The Morgan fingerprint density at radius 1 is 1.22 bits per heavy atom. The van der Waals surface area contributed by atoms with E-state index in [9.17, 15) is 4.39 Å². The Hall–Kier alpha value is -1.26. The Morgan fingerprint density at radius 2 is 2.00 bits per heavy atom. The van der Waals surface area contributed by atoms with Crippen molar-refractivity contribution in [3.63, 3.8) is 0 Å². The molecule has 4 heteroatoms. The highest BCUT2D eigenvalue weighted by atomic mass is 79.9. The van der Waals surface area contributed by atoms with E-state index in [1.165, 1.54) is 11.6 Å². The van der Waals surface area contributed by atoms with Crippen LogP contribution in [0.5, 0.6) is 0 Å². The molecule has 0 spiro atoms. The zero-order valence-corrected chi connectivity index (χ0v) is 11.7. The van der Waals surface area contributed by atoms with Crippen molar-refractivity contribution in [3.05, 3.63) is 63.6 Å². The van der Waals surface area contributed by atoms with Gasteiger partial charge in [-0.15, -0.1) is 0 Å². The van der Waals surface area contributed by atoms with Crippen molar-refractivity contribution in [1.29, 1.82) is 0 Å². The molecule has 0 aliphatic rings. The fourth-order valence-electron chi connectivity index (χ4n) is 1.68. The summed E-state index contributed by atoms with van der Waals surface area (Å²) in [5, 5.41) is 3.22. The highest BCUT2D eigenvalue weighted by molar-refractivity contribution is 9.10. The summed E-state index contributed by atoms with van der Waals surface area (Å²) in [7, 11) is 0. The summed E-state index contributed by atoms with van der Waals surface area (Å²) < 4.78 is 14.3. The van der Waals surface area contributed by atoms with Gasteiger partial charge in [-0.1, -0.05) is 22.0 Å². The second-order valence-corrected chi connectivity index (χ2v) is 5.06. The zero-order chi connectivity index (χ0) is 13.0. The number of rotatable bonds is 4. The maximum absolute atomic E-state index is 13.6. The Morgan fingerprint density at radius 3 is 2.72 bits per heavy atom. The van der Waals surface area contributed by atoms with Gasteiger partial charge in [-0.25, -0.2) is 4.39 Å². The third-order valence-corrected chi connectivity index (χ3v) is 3.29. The smallest absolute Gasteiger partial charge is 0.128 e. The van der Waals surface area contributed by atoms with Crippen LogP contribution in [0.3, 0.4) is 0 Å². The lowest BCUT2D eigenvalue weighted by atomic mass is 10.1. The van der Waals surface area contributed by atoms with Gasteiger partial charge in [-0.05, 0) is 36.2 Å². The van der Waals surface area contributed by atoms with E-state index >= 15 is 0 Å². The molecule has 0 atom stereocenters. The first-order valence-electron chi connectivity index (χ1n) is 5.71. The number of benzene rings is 1. The molecule has 2 rings (SSSR count). The maximum atomic E-state index is 13.6. The topological polar surface area (TPSA) is 24.9 Å². The van der Waals surface area contributed by atoms with Gasteiger partial charge in [0.25, 0.3) is 0 Å². The van der Waals surface area contributed by atoms with E-state index in [-0.39, 0.29) is 5.82 Å². The minimum atomic E-state index is -0.195. The first kappa shape index (κ1) is 13.2. The van der Waals surface area contributed by atoms with Crippen molar-refractivity contribution in [2.45, 2.75) is 20.0 Å². The summed E-state index contributed by atoms with van der Waals surface area (Å²) in [5.74, 6) is -0.195. The van der Waals surface area contributed by atoms with Crippen molar-refractivity contribution in [2.75, 3.05) is 0 Å². The van der Waals surface area contributed by atoms with Crippen LogP contribution in [0, 0.1) is 12.7 Å². The molecule has 2 nitrogen and oxygen atoms in total. The van der Waals surface area contributed by atoms with Crippen molar-refractivity contribution in [2.24, 2.45) is 0 Å². The van der Waals surface area contributed by atoms with Crippen LogP contribution in [0.15, 0.2) is 41.1 Å². The van der Waals surface area contributed by atoms with Gasteiger partial charge in [0.1, 0.15) is 5.82 Å². The molecule has 0 bridgehead atoms. The van der Waals surface area contributed by atoms with E-state index in [1.807, 2.05) is 25.3 Å². The summed E-state index contributed by atoms with van der Waals surface area (Å²) in [5.41, 5.74) is 2.99. The number of pyridine rings is 1. The molecular weight excluding hydrogens is 295 g/mol. The van der Waals surface area contributed by atoms with Crippen LogP contribution in [0.4, 0.5) is 4.39 Å². The second kappa shape index (κ2) is 6.07. The van der Waals surface area contributed by atoms with E-state index < -0.39 is 0 Å². The van der Waals surface area contributed by atoms with Gasteiger partial charge >= 0.3 is 0 Å². The molecule has 0 fully saturated rings. The lowest BCUT2D eigenvalue weighted by molar-refractivity contribution is 0.586. The van der Waals surface area contributed by atoms with Gasteiger partial charge in [-0.2, -0.15) is 0 Å². The van der Waals surface area contributed by atoms with Gasteiger partial charge < -0.3 is 5.32 Å². The summed E-state index contributed by atoms with van der Waals surface area (Å²) in [4.78, 5) is 4.08. The zero-order valence-electron chi connectivity index (χ0n) is 10.1. The fraction of sp³-hybridized carbons (Fsp3) is 0.214. The number of aryl methyl sites for hydroxylation is 1. The Balaban J connectivity index is 1.95. The van der Waals surface area contributed by atoms with E-state index in [0.29, 0.717) is 18.7 Å². The fourth-order valence-corrected chi connectivity index (χ4v) is 2.01. The molecule has 0 amide bonds. The van der Waals surface area contributed by atoms with Gasteiger partial charge in [0.2, 0.25) is 0 Å². The summed E-state index contributed by atoms with van der Waals surface area (Å²) >= 11 is 3.24. The van der Waals surface area contributed by atoms with Crippen molar-refractivity contribution in [1.82, 2.24) is 10.3 Å². The predicted octanol–water partition coefficient (Wildman–Crippen LogP) is 3.58. The third kappa shape index (κ3) is 3.37. The lowest BCUT2D eigenvalue weighted by Crippen LogP contribution is -2.14. The molecule has 0 unspecified atom stereocenters. The molecule has 0 radical (unpaired) electrons. The highest BCUT2D eigenvalue weighted by Crippen LogP contribution is 2.15. The van der Waals surface area contributed by atoms with Gasteiger partial charge in [0, 0.05) is 35.5 Å². The van der Waals surface area contributed by atoms with Crippen LogP contribution in [0.25, 0.3) is 0 Å². The SMILES string of the molecule is Cc1ccncc1CNCc1ccc(Br)cc1F. The molecule has 1 heterocycles. The largest absolute Gasteiger partial charge is 0.308 e. The first-order chi connectivity index (χ1) is 8.66. The first-order valence-corrected chi connectivity index (χ1v) is 6.50. The van der Waals surface area contributed by atoms with Crippen molar-refractivity contribution >= 4 is 15.9 Å². The number of hydrogen-bond donors (Lipinski definition) is 1. The summed E-state index contributed by atoms with van der Waals surface area (Å²) in [6.45, 7) is 3.24. The van der Waals surface area contributed by atoms with Crippen LogP contribution in [-0.2, 0) is 13.1 Å². The number of nitrogens with zero attached hydrogens (tertiary/aromatic N) is 1. The Bertz CT molecular complexity index is 543. The van der Waals surface area contributed by atoms with Crippen LogP contribution in [-0.4, -0.2) is 4.98 Å². The molecular formula is C14H14BrFN2. The predicted molar refractivity (Wildman–Crippen MR) is 73.6 cm³/mol. The molecule has 0 saturated heterocycles. The molecule has 2 aromatic rings. The van der Waals surface area contributed by atoms with Gasteiger partial charge in [0.15, 0.2) is 0 Å². The number of halogens is 2. The van der Waals surface area contributed by atoms with E-state index in [1.54, 1.807) is 12.3 Å². The van der Waals surface area contributed by atoms with Gasteiger partial charge in [-0.3, -0.25) is 4.98 Å². The summed E-state index contributed by atoms with van der Waals surface area (Å²) in [6.07, 6.45) is 3.60. The van der Waals surface area contributed by atoms with E-state index in [4.69, 9.17) is 0 Å². The molecule has 1 N–H and O–H groups in total. The standard InChI is InChI=1S/C14H14BrFN2/c1-10-4-5-17-8-12(10)9-18-7-11-2-3-13(15)6-14(11)16/h2-6,8,18H,7,9H2,1H3. The monoisotopic (exact) mass is 308 g/mol. The second-order valence-electron chi connectivity index (χ2n) is 4.14. The maximum Gasteiger partial charge on any atom is 0.128 e. The van der Waals surface area contributed by atoms with Crippen molar-refractivity contribution in [3.8, 4) is 0 Å². The number of aromatic nitrogens is 1. The molecule has 1 aromatic heterocycles. The third-order valence-electron chi connectivity index (χ3n) is 2.79. The Labute approximate surface area is 114 Å². The molecule has 0 aliphatic carbocycles. The Kier molecular flexibility index (Phi) is 4.44. The average Bonchev–Trinajstić information content (AvgIpc) is 2.34. The van der Waals surface area contributed by atoms with Crippen LogP contribution >= 0.6 is 15.9 Å². The minimum Gasteiger partial charge on any atom is -0.308 e. The quantitative estimate of drug-likeness (QED) is 0.934. The molecule has 0 aliphatic heterocycles. The van der Waals surface area contributed by atoms with E-state index in [2.05, 4.69) is 26.2 Å². The van der Waals surface area contributed by atoms with Gasteiger partial charge in [0.05, 0.1) is 0 Å². The molecule has 0 saturated carbocycles. The van der Waals surface area contributed by atoms with E-state index in [0.717, 1.165) is 10.0 Å². The average molecular weight is 309 g/mol. The number of hydrogen-bond acceptors (Lipinski definition) is 2. The normalized spacial score (nSPS) is 10.6. The number of nitrogens with one attached hydrogen (secondary N) is 1. The minimum absolute atomic E-state index is 0.195. The summed E-state index contributed by atoms with van der Waals surface area (Å²) in [6, 6.07) is 7.07. The van der Waals surface area contributed by atoms with Crippen LogP contribution < -0.4 is 5.32 Å².